The second kappa shape index (κ2) is 3.07. The van der Waals surface area contributed by atoms with Gasteiger partial charge in [0.15, 0.2) is 0 Å². The number of hydrogen-bond donors (Lipinski definition) is 1. The predicted molar refractivity (Wildman–Crippen MR) is 35.8 cm³/mol. The van der Waals surface area contributed by atoms with Gasteiger partial charge in [-0.25, -0.2) is 4.57 Å². The van der Waals surface area contributed by atoms with Crippen molar-refractivity contribution in [2.45, 2.75) is 13.0 Å². The number of H-pyrrole nitrogens is 1. The summed E-state index contributed by atoms with van der Waals surface area (Å²) >= 11 is 0. The normalized spacial score (nSPS) is 9.33. The molecule has 0 aliphatic carbocycles. The minimum atomic E-state index is 1.02. The highest BCUT2D eigenvalue weighted by Gasteiger charge is 1.90. The van der Waals surface area contributed by atoms with Crippen LogP contribution in [0.15, 0.2) is 31.4 Å². The fraction of sp³-hybridized carbons (Fsp3) is 0.286. The van der Waals surface area contributed by atoms with Crippen molar-refractivity contribution < 1.29 is 4.57 Å². The van der Waals surface area contributed by atoms with Crippen molar-refractivity contribution in [3.05, 3.63) is 31.4 Å². The molecule has 2 nitrogen and oxygen atoms in total. The summed E-state index contributed by atoms with van der Waals surface area (Å²) in [5.41, 5.74) is 0. The third-order valence-corrected chi connectivity index (χ3v) is 1.19. The van der Waals surface area contributed by atoms with Crippen molar-refractivity contribution in [3.63, 3.8) is 0 Å². The monoisotopic (exact) mass is 123 g/mol. The highest BCUT2D eigenvalue weighted by Crippen LogP contribution is 1.78. The van der Waals surface area contributed by atoms with Crippen molar-refractivity contribution in [2.75, 3.05) is 0 Å². The van der Waals surface area contributed by atoms with Gasteiger partial charge in [-0.2, -0.15) is 0 Å². The maximum atomic E-state index is 3.64. The van der Waals surface area contributed by atoms with Crippen LogP contribution in [0.1, 0.15) is 6.42 Å². The lowest BCUT2D eigenvalue weighted by Crippen LogP contribution is -2.29. The van der Waals surface area contributed by atoms with E-state index in [1.54, 1.807) is 0 Å². The molecular weight excluding hydrogens is 112 g/mol. The number of nitrogens with one attached hydrogen (secondary N) is 1. The van der Waals surface area contributed by atoms with Crippen molar-refractivity contribution in [1.82, 2.24) is 4.98 Å². The molecule has 1 aromatic heterocycles. The molecule has 9 heavy (non-hydrogen) atoms. The van der Waals surface area contributed by atoms with Gasteiger partial charge < -0.3 is 0 Å². The summed E-state index contributed by atoms with van der Waals surface area (Å²) in [7, 11) is 0. The predicted octanol–water partition coefficient (Wildman–Crippen LogP) is 0.878. The number of aromatic amines is 1. The molecule has 0 atom stereocenters. The van der Waals surface area contributed by atoms with E-state index in [2.05, 4.69) is 16.1 Å². The van der Waals surface area contributed by atoms with Crippen LogP contribution in [0.4, 0.5) is 0 Å². The number of imidazole rings is 1. The zero-order valence-corrected chi connectivity index (χ0v) is 5.38. The summed E-state index contributed by atoms with van der Waals surface area (Å²) in [6.07, 6.45) is 8.79. The molecule has 0 aliphatic rings. The average Bonchev–Trinajstić information content (AvgIpc) is 2.34. The second-order valence-electron chi connectivity index (χ2n) is 1.93. The van der Waals surface area contributed by atoms with Crippen LogP contribution in [-0.4, -0.2) is 4.98 Å². The number of hydrogen-bond acceptors (Lipinski definition) is 0. The Hall–Kier alpha value is -1.05. The van der Waals surface area contributed by atoms with Gasteiger partial charge in [0.25, 0.3) is 0 Å². The highest BCUT2D eigenvalue weighted by atomic mass is 15.0. The summed E-state index contributed by atoms with van der Waals surface area (Å²) in [6, 6.07) is 0. The van der Waals surface area contributed by atoms with Gasteiger partial charge in [-0.3, -0.25) is 4.98 Å². The van der Waals surface area contributed by atoms with E-state index >= 15 is 0 Å². The maximum absolute atomic E-state index is 3.64. The average molecular weight is 123 g/mol. The first-order valence-corrected chi connectivity index (χ1v) is 3.06. The summed E-state index contributed by atoms with van der Waals surface area (Å²) < 4.78 is 2.08. The number of aromatic nitrogens is 2. The number of nitrogens with zero attached hydrogens (tertiary/aromatic N) is 1. The van der Waals surface area contributed by atoms with E-state index in [1.807, 2.05) is 24.8 Å². The van der Waals surface area contributed by atoms with Crippen molar-refractivity contribution >= 4 is 0 Å². The van der Waals surface area contributed by atoms with Gasteiger partial charge >= 0.3 is 0 Å². The molecule has 0 bridgehead atoms. The summed E-state index contributed by atoms with van der Waals surface area (Å²) in [5, 5.41) is 0. The number of rotatable bonds is 3. The molecular formula is C7H11N2+. The Kier molecular flexibility index (Phi) is 2.07. The topological polar surface area (TPSA) is 19.7 Å². The molecule has 0 fully saturated rings. The molecule has 2 heteroatoms. The third-order valence-electron chi connectivity index (χ3n) is 1.19. The van der Waals surface area contributed by atoms with Crippen LogP contribution in [0.3, 0.4) is 0 Å². The minimum Gasteiger partial charge on any atom is -0.250 e. The Balaban J connectivity index is 2.38. The summed E-state index contributed by atoms with van der Waals surface area (Å²) in [5.74, 6) is 0. The van der Waals surface area contributed by atoms with E-state index in [9.17, 15) is 0 Å². The molecule has 0 saturated heterocycles. The zero-order valence-electron chi connectivity index (χ0n) is 5.38. The number of aryl methyl sites for hydroxylation is 1. The Labute approximate surface area is 54.8 Å². The molecule has 1 heterocycles. The van der Waals surface area contributed by atoms with Gasteiger partial charge in [-0.1, -0.05) is 6.08 Å². The molecule has 48 valence electrons. The first-order chi connectivity index (χ1) is 4.43. The lowest BCUT2D eigenvalue weighted by molar-refractivity contribution is -0.694. The van der Waals surface area contributed by atoms with Gasteiger partial charge in [0.05, 0.1) is 6.54 Å². The Bertz CT molecular complexity index is 165. The van der Waals surface area contributed by atoms with E-state index in [0.29, 0.717) is 0 Å². The van der Waals surface area contributed by atoms with Crippen LogP contribution >= 0.6 is 0 Å². The summed E-state index contributed by atoms with van der Waals surface area (Å²) in [4.78, 5) is 2.97. The third kappa shape index (κ3) is 1.72. The van der Waals surface area contributed by atoms with E-state index in [-0.39, 0.29) is 0 Å². The molecule has 0 saturated carbocycles. The fourth-order valence-corrected chi connectivity index (χ4v) is 0.700. The van der Waals surface area contributed by atoms with Gasteiger partial charge in [0, 0.05) is 6.42 Å². The zero-order chi connectivity index (χ0) is 6.53. The van der Waals surface area contributed by atoms with Crippen molar-refractivity contribution in [3.8, 4) is 0 Å². The first kappa shape index (κ1) is 6.08. The van der Waals surface area contributed by atoms with Crippen molar-refractivity contribution in [1.29, 1.82) is 0 Å². The van der Waals surface area contributed by atoms with Crippen LogP contribution < -0.4 is 4.57 Å². The van der Waals surface area contributed by atoms with Crippen LogP contribution in [0, 0.1) is 0 Å². The lowest BCUT2D eigenvalue weighted by atomic mass is 10.4. The highest BCUT2D eigenvalue weighted by molar-refractivity contribution is 4.63. The molecule has 0 radical (unpaired) electrons. The minimum absolute atomic E-state index is 1.02. The van der Waals surface area contributed by atoms with Gasteiger partial charge in [-0.15, -0.1) is 6.58 Å². The van der Waals surface area contributed by atoms with E-state index in [4.69, 9.17) is 0 Å². The Morgan fingerprint density at radius 3 is 3.11 bits per heavy atom. The number of allylic oxidation sites excluding steroid dienone is 1. The smallest absolute Gasteiger partial charge is 0.241 e. The van der Waals surface area contributed by atoms with Crippen LogP contribution in [-0.2, 0) is 6.54 Å². The van der Waals surface area contributed by atoms with E-state index in [1.165, 1.54) is 0 Å². The van der Waals surface area contributed by atoms with E-state index < -0.39 is 0 Å². The molecule has 0 unspecified atom stereocenters. The van der Waals surface area contributed by atoms with Crippen LogP contribution in [0.5, 0.6) is 0 Å². The molecule has 0 aliphatic heterocycles. The maximum Gasteiger partial charge on any atom is 0.241 e. The van der Waals surface area contributed by atoms with Gasteiger partial charge in [0.2, 0.25) is 6.33 Å². The van der Waals surface area contributed by atoms with Gasteiger partial charge in [0.1, 0.15) is 12.4 Å². The standard InChI is InChI=1S/C7H10N2/c1-2-3-5-9-6-4-8-7-9/h2,4,6-7H,1,3,5H2/p+1. The summed E-state index contributed by atoms with van der Waals surface area (Å²) in [6.45, 7) is 4.66. The fourth-order valence-electron chi connectivity index (χ4n) is 0.700. The molecule has 1 N–H and O–H groups in total. The van der Waals surface area contributed by atoms with Crippen LogP contribution in [0.2, 0.25) is 0 Å². The SMILES string of the molecule is C=CCC[n+]1cc[nH]c1. The molecule has 0 amide bonds. The largest absolute Gasteiger partial charge is 0.250 e. The molecule has 0 aromatic carbocycles. The van der Waals surface area contributed by atoms with Crippen molar-refractivity contribution in [2.24, 2.45) is 0 Å². The lowest BCUT2D eigenvalue weighted by Gasteiger charge is -1.87. The Morgan fingerprint density at radius 1 is 1.67 bits per heavy atom. The van der Waals surface area contributed by atoms with Crippen LogP contribution in [0.25, 0.3) is 0 Å². The second-order valence-corrected chi connectivity index (χ2v) is 1.93. The molecule has 1 rings (SSSR count). The first-order valence-electron chi connectivity index (χ1n) is 3.06. The van der Waals surface area contributed by atoms with E-state index in [0.717, 1.165) is 13.0 Å². The van der Waals surface area contributed by atoms with Gasteiger partial charge in [-0.05, 0) is 0 Å². The quantitative estimate of drug-likeness (QED) is 0.454. The Morgan fingerprint density at radius 2 is 2.56 bits per heavy atom. The molecule has 1 aromatic rings. The molecule has 0 spiro atoms.